The number of para-hydroxylation sites is 1. The normalized spacial score (nSPS) is 14.7. The topological polar surface area (TPSA) is 80.6 Å². The molecule has 0 bridgehead atoms. The third kappa shape index (κ3) is 4.76. The summed E-state index contributed by atoms with van der Waals surface area (Å²) in [5, 5.41) is 0.872. The van der Waals surface area contributed by atoms with E-state index < -0.39 is 5.60 Å². The van der Waals surface area contributed by atoms with E-state index >= 15 is 0 Å². The van der Waals surface area contributed by atoms with Gasteiger partial charge in [-0.15, -0.1) is 0 Å². The predicted octanol–water partition coefficient (Wildman–Crippen LogP) is 4.27. The van der Waals surface area contributed by atoms with Crippen LogP contribution in [0.2, 0.25) is 0 Å². The van der Waals surface area contributed by atoms with Crippen LogP contribution in [0.1, 0.15) is 51.8 Å². The van der Waals surface area contributed by atoms with Crippen LogP contribution in [0.4, 0.5) is 10.6 Å². The molecule has 3 heterocycles. The van der Waals surface area contributed by atoms with Crippen molar-refractivity contribution in [1.29, 1.82) is 0 Å². The highest BCUT2D eigenvalue weighted by Crippen LogP contribution is 2.29. The van der Waals surface area contributed by atoms with Crippen LogP contribution < -0.4 is 10.6 Å². The van der Waals surface area contributed by atoms with E-state index in [0.29, 0.717) is 32.0 Å². The Kier molecular flexibility index (Phi) is 6.34. The lowest BCUT2D eigenvalue weighted by Gasteiger charge is -2.36. The van der Waals surface area contributed by atoms with Gasteiger partial charge in [0.15, 0.2) is 0 Å². The van der Waals surface area contributed by atoms with Gasteiger partial charge >= 0.3 is 11.8 Å². The van der Waals surface area contributed by atoms with E-state index in [2.05, 4.69) is 28.7 Å². The molecule has 0 N–H and O–H groups in total. The lowest BCUT2D eigenvalue weighted by molar-refractivity contribution is 0.0240. The quantitative estimate of drug-likeness (QED) is 0.577. The van der Waals surface area contributed by atoms with E-state index in [1.165, 1.54) is 0 Å². The second-order valence-corrected chi connectivity index (χ2v) is 10.1. The minimum atomic E-state index is -0.534. The smallest absolute Gasteiger partial charge is 0.410 e. The number of rotatable bonds is 3. The highest BCUT2D eigenvalue weighted by molar-refractivity contribution is 5.90. The monoisotopic (exact) mass is 463 g/mol. The summed E-state index contributed by atoms with van der Waals surface area (Å²) in [7, 11) is 0. The molecule has 8 heteroatoms. The average Bonchev–Trinajstić information content (AvgIpc) is 2.78. The number of aryl methyl sites for hydroxylation is 1. The number of amides is 1. The van der Waals surface area contributed by atoms with Crippen LogP contribution in [0.25, 0.3) is 16.6 Å². The third-order valence-corrected chi connectivity index (χ3v) is 5.92. The van der Waals surface area contributed by atoms with Crippen molar-refractivity contribution in [2.45, 2.75) is 53.1 Å². The van der Waals surface area contributed by atoms with Crippen LogP contribution in [-0.2, 0) is 4.74 Å². The zero-order valence-corrected chi connectivity index (χ0v) is 20.8. The number of ether oxygens (including phenoxy) is 1. The molecule has 4 rings (SSSR count). The Hall–Kier alpha value is -3.42. The lowest BCUT2D eigenvalue weighted by atomic mass is 10.0. The van der Waals surface area contributed by atoms with Crippen molar-refractivity contribution in [3.05, 3.63) is 58.3 Å². The number of carbonyl (C=O) groups is 1. The molecular weight excluding hydrogens is 430 g/mol. The van der Waals surface area contributed by atoms with Gasteiger partial charge in [0.05, 0.1) is 17.4 Å². The first-order valence-corrected chi connectivity index (χ1v) is 11.8. The van der Waals surface area contributed by atoms with E-state index in [1.54, 1.807) is 15.7 Å². The largest absolute Gasteiger partial charge is 0.444 e. The first kappa shape index (κ1) is 23.7. The molecule has 34 heavy (non-hydrogen) atoms. The zero-order chi connectivity index (χ0) is 24.6. The second-order valence-electron chi connectivity index (χ2n) is 10.1. The van der Waals surface area contributed by atoms with Crippen LogP contribution in [0.5, 0.6) is 0 Å². The fourth-order valence-corrected chi connectivity index (χ4v) is 4.29. The van der Waals surface area contributed by atoms with Gasteiger partial charge in [-0.1, -0.05) is 32.0 Å². The maximum atomic E-state index is 13.4. The summed E-state index contributed by atoms with van der Waals surface area (Å²) in [6.45, 7) is 13.9. The number of hydrogen-bond donors (Lipinski definition) is 0. The van der Waals surface area contributed by atoms with Crippen molar-refractivity contribution in [3.63, 3.8) is 0 Å². The molecule has 8 nitrogen and oxygen atoms in total. The SMILES string of the molecule is Cc1cc2c(N3CCN(C(=O)OC(C)(C)C)CC3)nc(=O)n(-c3ccccc3C(C)C)c2cn1. The Morgan fingerprint density at radius 2 is 1.76 bits per heavy atom. The predicted molar refractivity (Wildman–Crippen MR) is 134 cm³/mol. The number of pyridine rings is 1. The molecule has 0 unspecified atom stereocenters. The van der Waals surface area contributed by atoms with Crippen molar-refractivity contribution >= 4 is 22.8 Å². The molecule has 180 valence electrons. The van der Waals surface area contributed by atoms with E-state index in [0.717, 1.165) is 27.8 Å². The molecule has 0 spiro atoms. The molecule has 1 amide bonds. The minimum absolute atomic E-state index is 0.247. The standard InChI is InChI=1S/C26H33N5O3/c1-17(2)19-9-7-8-10-21(19)31-22-16-27-18(3)15-20(22)23(28-24(31)32)29-11-13-30(14-12-29)25(33)34-26(4,5)6/h7-10,15-17H,11-14H2,1-6H3. The van der Waals surface area contributed by atoms with Gasteiger partial charge in [0.25, 0.3) is 0 Å². The maximum Gasteiger partial charge on any atom is 0.410 e. The number of hydrogen-bond acceptors (Lipinski definition) is 6. The van der Waals surface area contributed by atoms with Crippen LogP contribution in [0.3, 0.4) is 0 Å². The summed E-state index contributed by atoms with van der Waals surface area (Å²) in [4.78, 5) is 38.7. The van der Waals surface area contributed by atoms with Crippen LogP contribution >= 0.6 is 0 Å². The molecule has 0 aliphatic carbocycles. The number of anilines is 1. The Balaban J connectivity index is 1.73. The summed E-state index contributed by atoms with van der Waals surface area (Å²) < 4.78 is 7.17. The fraction of sp³-hybridized carbons (Fsp3) is 0.462. The number of piperazine rings is 1. The van der Waals surface area contributed by atoms with Crippen LogP contribution in [-0.4, -0.2) is 57.3 Å². The van der Waals surface area contributed by atoms with E-state index in [-0.39, 0.29) is 17.7 Å². The van der Waals surface area contributed by atoms with Gasteiger partial charge in [-0.25, -0.2) is 9.59 Å². The zero-order valence-electron chi connectivity index (χ0n) is 20.8. The van der Waals surface area contributed by atoms with E-state index in [4.69, 9.17) is 4.74 Å². The van der Waals surface area contributed by atoms with Gasteiger partial charge in [-0.3, -0.25) is 9.55 Å². The second kappa shape index (κ2) is 9.08. The summed E-state index contributed by atoms with van der Waals surface area (Å²) in [6.07, 6.45) is 1.44. The molecule has 2 aromatic heterocycles. The first-order chi connectivity index (χ1) is 16.0. The molecule has 1 fully saturated rings. The van der Waals surface area contributed by atoms with Gasteiger partial charge in [0, 0.05) is 37.3 Å². The number of fused-ring (bicyclic) bond motifs is 1. The van der Waals surface area contributed by atoms with Gasteiger partial charge < -0.3 is 14.5 Å². The first-order valence-electron chi connectivity index (χ1n) is 11.8. The molecule has 1 aliphatic rings. The molecule has 1 saturated heterocycles. The Bertz CT molecular complexity index is 1270. The molecule has 0 radical (unpaired) electrons. The molecule has 0 atom stereocenters. The minimum Gasteiger partial charge on any atom is -0.444 e. The molecular formula is C26H33N5O3. The Morgan fingerprint density at radius 1 is 1.09 bits per heavy atom. The highest BCUT2D eigenvalue weighted by Gasteiger charge is 2.28. The fourth-order valence-electron chi connectivity index (χ4n) is 4.29. The Labute approximate surface area is 200 Å². The van der Waals surface area contributed by atoms with Gasteiger partial charge in [0.2, 0.25) is 0 Å². The Morgan fingerprint density at radius 3 is 2.41 bits per heavy atom. The average molecular weight is 464 g/mol. The number of nitrogens with zero attached hydrogens (tertiary/aromatic N) is 5. The van der Waals surface area contributed by atoms with Crippen molar-refractivity contribution in [1.82, 2.24) is 19.4 Å². The molecule has 3 aromatic rings. The third-order valence-electron chi connectivity index (χ3n) is 5.92. The van der Waals surface area contributed by atoms with Crippen molar-refractivity contribution in [2.75, 3.05) is 31.1 Å². The molecule has 1 aliphatic heterocycles. The van der Waals surface area contributed by atoms with E-state index in [9.17, 15) is 9.59 Å². The maximum absolute atomic E-state index is 13.4. The van der Waals surface area contributed by atoms with Crippen LogP contribution in [0.15, 0.2) is 41.3 Å². The van der Waals surface area contributed by atoms with Crippen molar-refractivity contribution in [2.24, 2.45) is 0 Å². The summed E-state index contributed by atoms with van der Waals surface area (Å²) in [6, 6.07) is 9.90. The van der Waals surface area contributed by atoms with Gasteiger partial charge in [0.1, 0.15) is 11.4 Å². The van der Waals surface area contributed by atoms with Crippen molar-refractivity contribution < 1.29 is 9.53 Å². The van der Waals surface area contributed by atoms with Gasteiger partial charge in [-0.2, -0.15) is 4.98 Å². The van der Waals surface area contributed by atoms with Gasteiger partial charge in [-0.05, 0) is 51.3 Å². The van der Waals surface area contributed by atoms with Crippen molar-refractivity contribution in [3.8, 4) is 5.69 Å². The summed E-state index contributed by atoms with van der Waals surface area (Å²) in [5.74, 6) is 0.879. The molecule has 1 aromatic carbocycles. The molecule has 0 saturated carbocycles. The van der Waals surface area contributed by atoms with Crippen LogP contribution in [0, 0.1) is 6.92 Å². The van der Waals surface area contributed by atoms with E-state index in [1.807, 2.05) is 58.0 Å². The summed E-state index contributed by atoms with van der Waals surface area (Å²) in [5.41, 5.74) is 2.61. The summed E-state index contributed by atoms with van der Waals surface area (Å²) >= 11 is 0. The number of benzene rings is 1. The lowest BCUT2D eigenvalue weighted by Crippen LogP contribution is -2.50. The number of aromatic nitrogens is 3. The highest BCUT2D eigenvalue weighted by atomic mass is 16.6. The number of carbonyl (C=O) groups excluding carboxylic acids is 1.